The Morgan fingerprint density at radius 1 is 0.950 bits per heavy atom. The van der Waals surface area contributed by atoms with Crippen molar-refractivity contribution in [3.8, 4) is 0 Å². The topological polar surface area (TPSA) is 26.3 Å². The molecule has 118 valence electrons. The first kappa shape index (κ1) is 19.7. The third-order valence-electron chi connectivity index (χ3n) is 3.25. The fourth-order valence-electron chi connectivity index (χ4n) is 1.98. The normalized spacial score (nSPS) is 11.1. The molecule has 20 heavy (non-hydrogen) atoms. The van der Waals surface area contributed by atoms with Crippen LogP contribution in [-0.4, -0.2) is 17.9 Å². The Kier molecular flexibility index (Phi) is 16.5. The van der Waals surface area contributed by atoms with Crippen LogP contribution in [0.15, 0.2) is 12.2 Å². The number of hydrogen-bond donors (Lipinski definition) is 0. The van der Waals surface area contributed by atoms with Crippen LogP contribution in [0.4, 0.5) is 0 Å². The van der Waals surface area contributed by atoms with Crippen molar-refractivity contribution < 1.29 is 9.53 Å². The number of esters is 1. The standard InChI is InChI=1S/C17H31BrO2/c1-2-3-4-5-6-7-8-9-13-16-20-17(19)14-11-10-12-15-18/h9,13H,2-8,10-12,14-16H2,1H3/b13-9-. The van der Waals surface area contributed by atoms with Gasteiger partial charge in [-0.25, -0.2) is 0 Å². The van der Waals surface area contributed by atoms with E-state index in [9.17, 15) is 4.79 Å². The van der Waals surface area contributed by atoms with Crippen LogP contribution < -0.4 is 0 Å². The predicted molar refractivity (Wildman–Crippen MR) is 90.4 cm³/mol. The minimum Gasteiger partial charge on any atom is -0.461 e. The second-order valence-electron chi connectivity index (χ2n) is 5.21. The lowest BCUT2D eigenvalue weighted by molar-refractivity contribution is -0.142. The molecule has 0 atom stereocenters. The summed E-state index contributed by atoms with van der Waals surface area (Å²) in [6.07, 6.45) is 16.9. The molecule has 0 aliphatic heterocycles. The van der Waals surface area contributed by atoms with E-state index in [0.29, 0.717) is 13.0 Å². The summed E-state index contributed by atoms with van der Waals surface area (Å²) < 4.78 is 5.14. The van der Waals surface area contributed by atoms with E-state index in [2.05, 4.69) is 28.9 Å². The maximum atomic E-state index is 11.4. The maximum absolute atomic E-state index is 11.4. The molecule has 0 heterocycles. The van der Waals surface area contributed by atoms with Gasteiger partial charge in [-0.2, -0.15) is 0 Å². The number of carbonyl (C=O) groups is 1. The Labute approximate surface area is 133 Å². The quantitative estimate of drug-likeness (QED) is 0.172. The predicted octanol–water partition coefficient (Wildman–Crippen LogP) is 5.79. The molecule has 0 bridgehead atoms. The van der Waals surface area contributed by atoms with Crippen molar-refractivity contribution in [3.05, 3.63) is 12.2 Å². The minimum absolute atomic E-state index is 0.0659. The van der Waals surface area contributed by atoms with Crippen molar-refractivity contribution in [3.63, 3.8) is 0 Å². The van der Waals surface area contributed by atoms with Gasteiger partial charge in [0.2, 0.25) is 0 Å². The summed E-state index contributed by atoms with van der Waals surface area (Å²) in [6, 6.07) is 0. The highest BCUT2D eigenvalue weighted by Crippen LogP contribution is 2.07. The first-order valence-electron chi connectivity index (χ1n) is 8.17. The highest BCUT2D eigenvalue weighted by atomic mass is 79.9. The number of ether oxygens (including phenoxy) is 1. The monoisotopic (exact) mass is 346 g/mol. The van der Waals surface area contributed by atoms with Crippen LogP contribution in [0.1, 0.15) is 77.6 Å². The molecule has 0 aromatic rings. The molecule has 0 aliphatic carbocycles. The van der Waals surface area contributed by atoms with E-state index >= 15 is 0 Å². The van der Waals surface area contributed by atoms with Gasteiger partial charge in [0, 0.05) is 11.8 Å². The van der Waals surface area contributed by atoms with Crippen LogP contribution in [0.3, 0.4) is 0 Å². The molecule has 0 N–H and O–H groups in total. The molecular weight excluding hydrogens is 316 g/mol. The summed E-state index contributed by atoms with van der Waals surface area (Å²) in [5, 5.41) is 1.02. The van der Waals surface area contributed by atoms with Gasteiger partial charge in [0.15, 0.2) is 0 Å². The number of halogens is 1. The van der Waals surface area contributed by atoms with E-state index in [1.165, 1.54) is 38.5 Å². The second kappa shape index (κ2) is 16.7. The molecule has 0 spiro atoms. The van der Waals surface area contributed by atoms with Gasteiger partial charge in [-0.05, 0) is 25.7 Å². The largest absolute Gasteiger partial charge is 0.461 e. The van der Waals surface area contributed by atoms with Crippen LogP contribution in [0.2, 0.25) is 0 Å². The minimum atomic E-state index is -0.0659. The fraction of sp³-hybridized carbons (Fsp3) is 0.824. The fourth-order valence-corrected chi connectivity index (χ4v) is 2.38. The van der Waals surface area contributed by atoms with Gasteiger partial charge in [-0.3, -0.25) is 4.79 Å². The van der Waals surface area contributed by atoms with Crippen LogP contribution in [0, 0.1) is 0 Å². The molecular formula is C17H31BrO2. The van der Waals surface area contributed by atoms with Crippen molar-refractivity contribution in [2.75, 3.05) is 11.9 Å². The summed E-state index contributed by atoms with van der Waals surface area (Å²) in [5.41, 5.74) is 0. The molecule has 0 aromatic carbocycles. The average Bonchev–Trinajstić information content (AvgIpc) is 2.45. The van der Waals surface area contributed by atoms with Gasteiger partial charge >= 0.3 is 5.97 Å². The highest BCUT2D eigenvalue weighted by molar-refractivity contribution is 9.09. The van der Waals surface area contributed by atoms with Crippen LogP contribution >= 0.6 is 15.9 Å². The van der Waals surface area contributed by atoms with Gasteiger partial charge in [-0.15, -0.1) is 0 Å². The van der Waals surface area contributed by atoms with Crippen molar-refractivity contribution >= 4 is 21.9 Å². The SMILES string of the molecule is CCCCCCCC/C=C\COC(=O)CCCCCBr. The molecule has 0 fully saturated rings. The van der Waals surface area contributed by atoms with E-state index in [-0.39, 0.29) is 5.97 Å². The Balaban J connectivity index is 3.23. The van der Waals surface area contributed by atoms with Crippen LogP contribution in [0.25, 0.3) is 0 Å². The van der Waals surface area contributed by atoms with Crippen molar-refractivity contribution in [1.29, 1.82) is 0 Å². The average molecular weight is 347 g/mol. The molecule has 0 aromatic heterocycles. The van der Waals surface area contributed by atoms with Crippen molar-refractivity contribution in [2.45, 2.75) is 77.6 Å². The zero-order valence-corrected chi connectivity index (χ0v) is 14.6. The smallest absolute Gasteiger partial charge is 0.306 e. The van der Waals surface area contributed by atoms with Gasteiger partial charge in [0.1, 0.15) is 6.61 Å². The number of rotatable bonds is 14. The van der Waals surface area contributed by atoms with E-state index in [0.717, 1.165) is 31.0 Å². The maximum Gasteiger partial charge on any atom is 0.306 e. The number of allylic oxidation sites excluding steroid dienone is 1. The van der Waals surface area contributed by atoms with Gasteiger partial charge in [-0.1, -0.05) is 73.5 Å². The van der Waals surface area contributed by atoms with Gasteiger partial charge < -0.3 is 4.74 Å². The Morgan fingerprint density at radius 2 is 1.65 bits per heavy atom. The van der Waals surface area contributed by atoms with Crippen LogP contribution in [-0.2, 0) is 9.53 Å². The van der Waals surface area contributed by atoms with Gasteiger partial charge in [0.25, 0.3) is 0 Å². The van der Waals surface area contributed by atoms with Crippen LogP contribution in [0.5, 0.6) is 0 Å². The lowest BCUT2D eigenvalue weighted by atomic mass is 10.1. The number of hydrogen-bond acceptors (Lipinski definition) is 2. The third-order valence-corrected chi connectivity index (χ3v) is 3.81. The summed E-state index contributed by atoms with van der Waals surface area (Å²) in [4.78, 5) is 11.4. The molecule has 3 heteroatoms. The molecule has 0 amide bonds. The van der Waals surface area contributed by atoms with Crippen molar-refractivity contribution in [1.82, 2.24) is 0 Å². The Morgan fingerprint density at radius 3 is 2.40 bits per heavy atom. The molecule has 2 nitrogen and oxygen atoms in total. The molecule has 0 radical (unpaired) electrons. The number of alkyl halides is 1. The number of unbranched alkanes of at least 4 members (excludes halogenated alkanes) is 8. The highest BCUT2D eigenvalue weighted by Gasteiger charge is 2.00. The lowest BCUT2D eigenvalue weighted by Crippen LogP contribution is -2.04. The lowest BCUT2D eigenvalue weighted by Gasteiger charge is -2.01. The summed E-state index contributed by atoms with van der Waals surface area (Å²) in [6.45, 7) is 2.68. The summed E-state index contributed by atoms with van der Waals surface area (Å²) in [5.74, 6) is -0.0659. The summed E-state index contributed by atoms with van der Waals surface area (Å²) in [7, 11) is 0. The third kappa shape index (κ3) is 15.7. The molecule has 0 aliphatic rings. The zero-order chi connectivity index (χ0) is 14.9. The van der Waals surface area contributed by atoms with E-state index < -0.39 is 0 Å². The zero-order valence-electron chi connectivity index (χ0n) is 13.0. The number of carbonyl (C=O) groups excluding carboxylic acids is 1. The summed E-state index contributed by atoms with van der Waals surface area (Å²) >= 11 is 3.38. The molecule has 0 unspecified atom stereocenters. The Bertz CT molecular complexity index is 239. The molecule has 0 saturated carbocycles. The van der Waals surface area contributed by atoms with E-state index in [1.807, 2.05) is 6.08 Å². The molecule has 0 saturated heterocycles. The Hall–Kier alpha value is -0.310. The first-order valence-corrected chi connectivity index (χ1v) is 9.30. The van der Waals surface area contributed by atoms with Gasteiger partial charge in [0.05, 0.1) is 0 Å². The second-order valence-corrected chi connectivity index (χ2v) is 6.00. The van der Waals surface area contributed by atoms with E-state index in [1.54, 1.807) is 0 Å². The van der Waals surface area contributed by atoms with Crippen molar-refractivity contribution in [2.24, 2.45) is 0 Å². The first-order chi connectivity index (χ1) is 9.81. The molecule has 0 rings (SSSR count). The van der Waals surface area contributed by atoms with E-state index in [4.69, 9.17) is 4.74 Å².